The summed E-state index contributed by atoms with van der Waals surface area (Å²) in [7, 11) is 0. The summed E-state index contributed by atoms with van der Waals surface area (Å²) in [5.74, 6) is -2.15. The number of aliphatic imine (C=N–C) groups is 1. The third-order valence-corrected chi connectivity index (χ3v) is 13.3. The normalized spacial score (nSPS) is 15.3. The molecule has 0 spiro atoms. The predicted octanol–water partition coefficient (Wildman–Crippen LogP) is 5.51. The zero-order valence-electron chi connectivity index (χ0n) is 45.1. The summed E-state index contributed by atoms with van der Waals surface area (Å²) in [5, 5.41) is 12.5. The van der Waals surface area contributed by atoms with Crippen LogP contribution in [-0.2, 0) is 57.0 Å². The Bertz CT molecular complexity index is 2250. The number of carbonyl (C=O) groups is 3. The van der Waals surface area contributed by atoms with E-state index in [2.05, 4.69) is 31.8 Å². The number of rotatable bonds is 39. The highest BCUT2D eigenvalue weighted by Crippen LogP contribution is 2.35. The van der Waals surface area contributed by atoms with E-state index in [-0.39, 0.29) is 76.7 Å². The molecule has 4 N–H and O–H groups in total. The number of ether oxygens (including phenoxy) is 11. The highest BCUT2D eigenvalue weighted by molar-refractivity contribution is 7.14. The molecule has 2 fully saturated rings. The summed E-state index contributed by atoms with van der Waals surface area (Å²) in [6.45, 7) is 10.4. The number of esters is 1. The molecule has 1 saturated heterocycles. The van der Waals surface area contributed by atoms with Gasteiger partial charge in [0.2, 0.25) is 23.3 Å². The van der Waals surface area contributed by atoms with Crippen molar-refractivity contribution >= 4 is 46.9 Å². The molecule has 442 valence electrons. The van der Waals surface area contributed by atoms with Crippen LogP contribution in [0, 0.1) is 41.0 Å². The van der Waals surface area contributed by atoms with Crippen LogP contribution in [0.1, 0.15) is 74.5 Å². The molecule has 1 unspecified atom stereocenters. The van der Waals surface area contributed by atoms with Gasteiger partial charge < -0.3 is 78.1 Å². The number of carbonyl (C=O) groups excluding carboxylic acids is 3. The van der Waals surface area contributed by atoms with Crippen LogP contribution in [0.5, 0.6) is 5.75 Å². The Morgan fingerprint density at radius 1 is 0.797 bits per heavy atom. The van der Waals surface area contributed by atoms with E-state index in [1.165, 1.54) is 11.3 Å². The van der Waals surface area contributed by atoms with E-state index >= 15 is 0 Å². The molecule has 1 saturated carbocycles. The first-order valence-corrected chi connectivity index (χ1v) is 27.8. The summed E-state index contributed by atoms with van der Waals surface area (Å²) in [6, 6.07) is 1.96. The lowest BCUT2D eigenvalue weighted by molar-refractivity contribution is -0.176. The molecule has 1 atom stereocenters. The number of hydrogen-bond donors (Lipinski definition) is 3. The van der Waals surface area contributed by atoms with Gasteiger partial charge in [-0.1, -0.05) is 18.8 Å². The van der Waals surface area contributed by atoms with Crippen LogP contribution in [0.15, 0.2) is 22.7 Å². The number of nitrogens with two attached hydrogens (primary N) is 1. The topological polar surface area (TPSA) is 230 Å². The smallest absolute Gasteiger partial charge is 0.407 e. The number of amides is 2. The number of piperidine rings is 1. The summed E-state index contributed by atoms with van der Waals surface area (Å²) in [4.78, 5) is 48.1. The fraction of sp³-hybridized carbons (Fsp3) is 0.667. The zero-order chi connectivity index (χ0) is 56.5. The fourth-order valence-corrected chi connectivity index (χ4v) is 8.80. The van der Waals surface area contributed by atoms with Crippen molar-refractivity contribution in [3.05, 3.63) is 50.7 Å². The van der Waals surface area contributed by atoms with Gasteiger partial charge in [-0.25, -0.2) is 18.6 Å². The van der Waals surface area contributed by atoms with E-state index in [4.69, 9.17) is 53.1 Å². The molecule has 5 rings (SSSR count). The molecule has 3 aliphatic rings. The lowest BCUT2D eigenvalue weighted by Crippen LogP contribution is -2.37. The molecule has 3 heterocycles. The number of aliphatic hydroxyl groups excluding tert-OH is 1. The number of thiophene rings is 1. The maximum atomic E-state index is 13.7. The second-order valence-corrected chi connectivity index (χ2v) is 19.5. The summed E-state index contributed by atoms with van der Waals surface area (Å²) in [5.41, 5.74) is 7.62. The monoisotopic (exact) mass is 1140 g/mol. The van der Waals surface area contributed by atoms with Gasteiger partial charge in [-0.05, 0) is 70.2 Å². The number of alkyl carbamates (subject to hydrolysis) is 1. The summed E-state index contributed by atoms with van der Waals surface area (Å²) < 4.78 is 113. The van der Waals surface area contributed by atoms with Crippen molar-refractivity contribution in [2.45, 2.75) is 77.1 Å². The minimum atomic E-state index is -1.80. The van der Waals surface area contributed by atoms with Crippen molar-refractivity contribution in [1.29, 1.82) is 0 Å². The molecule has 1 aliphatic carbocycles. The van der Waals surface area contributed by atoms with Crippen molar-refractivity contribution in [2.24, 2.45) is 16.6 Å². The van der Waals surface area contributed by atoms with Gasteiger partial charge in [0, 0.05) is 50.2 Å². The maximum absolute atomic E-state index is 13.7. The van der Waals surface area contributed by atoms with E-state index in [0.717, 1.165) is 73.6 Å². The molecular formula is C54H77F4N5O15S. The molecule has 20 nitrogen and oxygen atoms in total. The minimum Gasteiger partial charge on any atom is -0.446 e. The van der Waals surface area contributed by atoms with Crippen LogP contribution < -0.4 is 15.8 Å². The third-order valence-electron chi connectivity index (χ3n) is 12.3. The van der Waals surface area contributed by atoms with E-state index in [0.29, 0.717) is 104 Å². The molecule has 2 aromatic rings. The first-order valence-electron chi connectivity index (χ1n) is 27.0. The van der Waals surface area contributed by atoms with Crippen LogP contribution in [0.4, 0.5) is 28.0 Å². The average molecular weight is 1140 g/mol. The molecule has 1 aromatic carbocycles. The number of aliphatic hydroxyl groups is 1. The van der Waals surface area contributed by atoms with Crippen LogP contribution in [0.3, 0.4) is 0 Å². The number of likely N-dealkylation sites (tertiary alicyclic amines) is 1. The van der Waals surface area contributed by atoms with Crippen LogP contribution >= 0.6 is 11.3 Å². The summed E-state index contributed by atoms with van der Waals surface area (Å²) in [6.07, 6.45) is 6.82. The molecule has 79 heavy (non-hydrogen) atoms. The van der Waals surface area contributed by atoms with Crippen molar-refractivity contribution in [1.82, 2.24) is 15.1 Å². The van der Waals surface area contributed by atoms with Gasteiger partial charge in [0.25, 0.3) is 0 Å². The quantitative estimate of drug-likeness (QED) is 0.0142. The average Bonchev–Trinajstić information content (AvgIpc) is 3.73. The minimum absolute atomic E-state index is 0.0137. The largest absolute Gasteiger partial charge is 0.446 e. The van der Waals surface area contributed by atoms with Gasteiger partial charge in [-0.15, -0.1) is 11.3 Å². The number of nitrogens with zero attached hydrogens (tertiary/aromatic N) is 3. The lowest BCUT2D eigenvalue weighted by atomic mass is 9.96. The Kier molecular flexibility index (Phi) is 31.3. The second kappa shape index (κ2) is 38.0. The van der Waals surface area contributed by atoms with E-state index in [1.807, 2.05) is 24.0 Å². The standard InChI is InChI=1S/C54H77F4N5O15S/c1-2-13-63(14-4-12-60-54(67)77-41-5-3-6-41)53(66)40-34-46-45(61-47(59)35-40)36-42(79-46)8-7-39-9-15-62(16-10-39)17-19-69-30-32-75-49(38-64)76-33-31-74-29-28-73-27-26-72-25-24-71-23-22-70-21-20-68-18-11-48(65)78-52-50(57)43(55)37-44(56)51(52)58/h34,36-37,39,41,49,64H,2-6,9-33,35,38H2,1H3,(H2,59,61)(H,60,67). The van der Waals surface area contributed by atoms with Crippen LogP contribution in [0.2, 0.25) is 0 Å². The molecular weight excluding hydrogens is 1070 g/mol. The maximum Gasteiger partial charge on any atom is 0.407 e. The van der Waals surface area contributed by atoms with E-state index in [9.17, 15) is 37.1 Å². The number of halogens is 4. The fourth-order valence-electron chi connectivity index (χ4n) is 7.88. The number of nitrogens with one attached hydrogen (secondary N) is 1. The Hall–Kier alpha value is -4.82. The zero-order valence-corrected chi connectivity index (χ0v) is 45.9. The van der Waals surface area contributed by atoms with Gasteiger partial charge in [0.1, 0.15) is 11.9 Å². The molecule has 1 aromatic heterocycles. The van der Waals surface area contributed by atoms with E-state index < -0.39 is 53.8 Å². The highest BCUT2D eigenvalue weighted by atomic mass is 32.1. The van der Waals surface area contributed by atoms with Crippen molar-refractivity contribution in [3.8, 4) is 17.6 Å². The highest BCUT2D eigenvalue weighted by Gasteiger charge is 2.26. The van der Waals surface area contributed by atoms with E-state index in [1.54, 1.807) is 0 Å². The molecule has 25 heteroatoms. The Morgan fingerprint density at radius 2 is 1.37 bits per heavy atom. The number of amidine groups is 1. The number of benzene rings is 1. The van der Waals surface area contributed by atoms with Crippen LogP contribution in [-0.4, -0.2) is 203 Å². The van der Waals surface area contributed by atoms with Gasteiger partial charge in [0.05, 0.1) is 134 Å². The molecule has 0 bridgehead atoms. The molecule has 2 aliphatic heterocycles. The predicted molar refractivity (Wildman–Crippen MR) is 283 cm³/mol. The second-order valence-electron chi connectivity index (χ2n) is 18.4. The first kappa shape index (κ1) is 65.0. The SMILES string of the molecule is CCCN(CCCNC(=O)OC1CCC1)C(=O)C1=Cc2sc(C#CC3CCN(CCOCCOC(CO)OCCOCCOCCOCCOCCOCCOCCC(=O)Oc4c(F)c(F)cc(F)c4F)CC3)cc2N=C(N)C1. The Balaban J connectivity index is 0.790. The third kappa shape index (κ3) is 25.2. The van der Waals surface area contributed by atoms with Crippen molar-refractivity contribution in [3.63, 3.8) is 0 Å². The first-order chi connectivity index (χ1) is 38.4. The van der Waals surface area contributed by atoms with Gasteiger partial charge >= 0.3 is 12.1 Å². The van der Waals surface area contributed by atoms with Gasteiger partial charge in [-0.3, -0.25) is 9.59 Å². The lowest BCUT2D eigenvalue weighted by Gasteiger charge is -2.29. The Morgan fingerprint density at radius 3 is 1.92 bits per heavy atom. The number of fused-ring (bicyclic) bond motifs is 1. The molecule has 0 radical (unpaired) electrons. The van der Waals surface area contributed by atoms with Crippen molar-refractivity contribution < 1.29 is 89.2 Å². The van der Waals surface area contributed by atoms with Gasteiger partial charge in [0.15, 0.2) is 17.9 Å². The van der Waals surface area contributed by atoms with Crippen LogP contribution in [0.25, 0.3) is 6.08 Å². The number of hydrogen-bond acceptors (Lipinski definition) is 19. The summed E-state index contributed by atoms with van der Waals surface area (Å²) >= 11 is 1.51. The van der Waals surface area contributed by atoms with Crippen molar-refractivity contribution in [2.75, 3.05) is 152 Å². The van der Waals surface area contributed by atoms with Gasteiger partial charge in [-0.2, -0.15) is 8.78 Å². The Labute approximate surface area is 463 Å². The molecule has 2 amide bonds.